The Morgan fingerprint density at radius 2 is 1.30 bits per heavy atom. The Morgan fingerprint density at radius 3 is 2.03 bits per heavy atom. The van der Waals surface area contributed by atoms with Crippen LogP contribution < -0.4 is 5.43 Å². The maximum atomic E-state index is 12.6. The molecule has 0 fully saturated rings. The molecule has 8 heteroatoms. The Hall–Kier alpha value is -4.88. The van der Waals surface area contributed by atoms with Gasteiger partial charge in [-0.05, 0) is 78.9 Å². The summed E-state index contributed by atoms with van der Waals surface area (Å²) in [7, 11) is 0. The standard InChI is InChI=1S/C29H19ClN4O3/c30-21-5-7-24(8-6-21)33-34-25-13-14-27(35)19(15-25)16-31-22-9-11-23(12-10-22)32-17-20-18-37-28-4-2-1-3-26(28)29(20)36/h1-18,35H. The van der Waals surface area contributed by atoms with Crippen molar-refractivity contribution in [2.45, 2.75) is 0 Å². The van der Waals surface area contributed by atoms with Gasteiger partial charge < -0.3 is 9.52 Å². The number of benzene rings is 4. The molecule has 0 unspecified atom stereocenters. The van der Waals surface area contributed by atoms with Crippen molar-refractivity contribution >= 4 is 57.7 Å². The number of fused-ring (bicyclic) bond motifs is 1. The smallest absolute Gasteiger partial charge is 0.201 e. The van der Waals surface area contributed by atoms with Gasteiger partial charge in [0.2, 0.25) is 5.43 Å². The number of para-hydroxylation sites is 1. The summed E-state index contributed by atoms with van der Waals surface area (Å²) in [4.78, 5) is 21.4. The van der Waals surface area contributed by atoms with E-state index in [0.29, 0.717) is 49.9 Å². The van der Waals surface area contributed by atoms with Crippen molar-refractivity contribution in [3.8, 4) is 5.75 Å². The second-order valence-corrected chi connectivity index (χ2v) is 8.41. The van der Waals surface area contributed by atoms with Crippen LogP contribution >= 0.6 is 11.6 Å². The zero-order chi connectivity index (χ0) is 25.6. The second kappa shape index (κ2) is 10.8. The molecule has 1 N–H and O–H groups in total. The molecule has 0 amide bonds. The summed E-state index contributed by atoms with van der Waals surface area (Å²) in [6, 6.07) is 26.1. The third kappa shape index (κ3) is 5.86. The normalized spacial score (nSPS) is 11.8. The lowest BCUT2D eigenvalue weighted by atomic mass is 10.2. The van der Waals surface area contributed by atoms with Gasteiger partial charge in [-0.1, -0.05) is 23.7 Å². The molecule has 0 aliphatic heterocycles. The summed E-state index contributed by atoms with van der Waals surface area (Å²) in [5, 5.41) is 19.7. The van der Waals surface area contributed by atoms with Crippen LogP contribution in [-0.4, -0.2) is 17.5 Å². The summed E-state index contributed by atoms with van der Waals surface area (Å²) in [6.45, 7) is 0. The first-order valence-corrected chi connectivity index (χ1v) is 11.6. The third-order valence-electron chi connectivity index (χ3n) is 5.38. The monoisotopic (exact) mass is 506 g/mol. The average Bonchev–Trinajstić information content (AvgIpc) is 2.93. The van der Waals surface area contributed by atoms with Crippen molar-refractivity contribution in [2.75, 3.05) is 0 Å². The topological polar surface area (TPSA) is 99.9 Å². The summed E-state index contributed by atoms with van der Waals surface area (Å²) < 4.78 is 5.52. The molecule has 180 valence electrons. The molecule has 0 saturated carbocycles. The lowest BCUT2D eigenvalue weighted by molar-refractivity contribution is 0.474. The van der Waals surface area contributed by atoms with E-state index in [1.54, 1.807) is 91.1 Å². The van der Waals surface area contributed by atoms with Crippen LogP contribution in [0.3, 0.4) is 0 Å². The SMILES string of the molecule is O=c1c(C=Nc2ccc(N=Cc3cc(N=Nc4ccc(Cl)cc4)ccc3O)cc2)coc2ccccc12. The van der Waals surface area contributed by atoms with E-state index in [1.165, 1.54) is 12.5 Å². The quantitative estimate of drug-likeness (QED) is 0.186. The van der Waals surface area contributed by atoms with E-state index in [4.69, 9.17) is 16.0 Å². The van der Waals surface area contributed by atoms with Crippen molar-refractivity contribution < 1.29 is 9.52 Å². The molecule has 0 radical (unpaired) electrons. The van der Waals surface area contributed by atoms with Gasteiger partial charge in [0.05, 0.1) is 33.7 Å². The lowest BCUT2D eigenvalue weighted by Gasteiger charge is -2.01. The molecule has 0 spiro atoms. The minimum Gasteiger partial charge on any atom is -0.507 e. The van der Waals surface area contributed by atoms with Crippen molar-refractivity contribution in [3.05, 3.63) is 124 Å². The molecule has 1 heterocycles. The van der Waals surface area contributed by atoms with Gasteiger partial charge in [0.25, 0.3) is 0 Å². The zero-order valence-corrected chi connectivity index (χ0v) is 20.1. The Labute approximate surface area is 216 Å². The number of rotatable bonds is 6. The van der Waals surface area contributed by atoms with E-state index in [9.17, 15) is 9.90 Å². The molecule has 0 aliphatic rings. The van der Waals surface area contributed by atoms with E-state index >= 15 is 0 Å². The van der Waals surface area contributed by atoms with E-state index in [1.807, 2.05) is 6.07 Å². The van der Waals surface area contributed by atoms with Crippen molar-refractivity contribution in [1.29, 1.82) is 0 Å². The summed E-state index contributed by atoms with van der Waals surface area (Å²) in [5.74, 6) is 0.0737. The zero-order valence-electron chi connectivity index (χ0n) is 19.3. The van der Waals surface area contributed by atoms with Crippen LogP contribution in [-0.2, 0) is 0 Å². The van der Waals surface area contributed by atoms with Crippen molar-refractivity contribution in [1.82, 2.24) is 0 Å². The first-order chi connectivity index (χ1) is 18.0. The van der Waals surface area contributed by atoms with Crippen LogP contribution in [0.4, 0.5) is 22.7 Å². The van der Waals surface area contributed by atoms with Crippen LogP contribution in [0.1, 0.15) is 11.1 Å². The van der Waals surface area contributed by atoms with Gasteiger partial charge in [-0.2, -0.15) is 10.2 Å². The molecule has 1 aromatic heterocycles. The predicted molar refractivity (Wildman–Crippen MR) is 147 cm³/mol. The molecule has 0 saturated heterocycles. The van der Waals surface area contributed by atoms with E-state index < -0.39 is 0 Å². The summed E-state index contributed by atoms with van der Waals surface area (Å²) in [6.07, 6.45) is 4.44. The number of halogens is 1. The predicted octanol–water partition coefficient (Wildman–Crippen LogP) is 8.07. The largest absolute Gasteiger partial charge is 0.507 e. The number of aliphatic imine (C=N–C) groups is 2. The van der Waals surface area contributed by atoms with Gasteiger partial charge in [-0.15, -0.1) is 0 Å². The molecular formula is C29H19ClN4O3. The number of azo groups is 1. The Bertz CT molecular complexity index is 1710. The molecule has 7 nitrogen and oxygen atoms in total. The van der Waals surface area contributed by atoms with Crippen LogP contribution in [0, 0.1) is 0 Å². The van der Waals surface area contributed by atoms with Gasteiger partial charge >= 0.3 is 0 Å². The van der Waals surface area contributed by atoms with Gasteiger partial charge in [-0.3, -0.25) is 14.8 Å². The highest BCUT2D eigenvalue weighted by Gasteiger charge is 2.04. The number of phenolic OH excluding ortho intramolecular Hbond substituents is 1. The summed E-state index contributed by atoms with van der Waals surface area (Å²) in [5.41, 5.74) is 3.81. The Morgan fingerprint density at radius 1 is 0.703 bits per heavy atom. The van der Waals surface area contributed by atoms with Gasteiger partial charge in [-0.25, -0.2) is 0 Å². The van der Waals surface area contributed by atoms with Gasteiger partial charge in [0.1, 0.15) is 17.6 Å². The van der Waals surface area contributed by atoms with Gasteiger partial charge in [0, 0.05) is 23.0 Å². The van der Waals surface area contributed by atoms with Crippen molar-refractivity contribution in [3.63, 3.8) is 0 Å². The molecule has 4 aromatic carbocycles. The van der Waals surface area contributed by atoms with Crippen LogP contribution in [0.2, 0.25) is 5.02 Å². The van der Waals surface area contributed by atoms with E-state index in [0.717, 1.165) is 0 Å². The highest BCUT2D eigenvalue weighted by molar-refractivity contribution is 6.30. The fourth-order valence-electron chi connectivity index (χ4n) is 3.43. The van der Waals surface area contributed by atoms with E-state index in [-0.39, 0.29) is 11.2 Å². The number of hydrogen-bond acceptors (Lipinski definition) is 7. The molecule has 5 aromatic rings. The lowest BCUT2D eigenvalue weighted by Crippen LogP contribution is -2.07. The molecule has 5 rings (SSSR count). The fourth-order valence-corrected chi connectivity index (χ4v) is 3.55. The summed E-state index contributed by atoms with van der Waals surface area (Å²) >= 11 is 5.89. The first-order valence-electron chi connectivity index (χ1n) is 11.2. The first kappa shape index (κ1) is 23.8. The number of hydrogen-bond donors (Lipinski definition) is 1. The minimum absolute atomic E-state index is 0.0737. The number of aromatic hydroxyl groups is 1. The maximum Gasteiger partial charge on any atom is 0.201 e. The number of phenols is 1. The number of nitrogens with zero attached hydrogens (tertiary/aromatic N) is 4. The minimum atomic E-state index is -0.137. The molecule has 37 heavy (non-hydrogen) atoms. The molecule has 0 aliphatic carbocycles. The van der Waals surface area contributed by atoms with Crippen molar-refractivity contribution in [2.24, 2.45) is 20.2 Å². The average molecular weight is 507 g/mol. The highest BCUT2D eigenvalue weighted by atomic mass is 35.5. The van der Waals surface area contributed by atoms with Crippen LogP contribution in [0.25, 0.3) is 11.0 Å². The fraction of sp³-hybridized carbons (Fsp3) is 0. The van der Waals surface area contributed by atoms with E-state index in [2.05, 4.69) is 20.2 Å². The highest BCUT2D eigenvalue weighted by Crippen LogP contribution is 2.26. The molecule has 0 bridgehead atoms. The molecular weight excluding hydrogens is 488 g/mol. The van der Waals surface area contributed by atoms with Gasteiger partial charge in [0.15, 0.2) is 0 Å². The second-order valence-electron chi connectivity index (χ2n) is 7.97. The molecule has 0 atom stereocenters. The third-order valence-corrected chi connectivity index (χ3v) is 5.63. The van der Waals surface area contributed by atoms with Crippen LogP contribution in [0.15, 0.2) is 127 Å². The maximum absolute atomic E-state index is 12.6. The Balaban J connectivity index is 1.29. The Kier molecular flexibility index (Phi) is 6.96. The van der Waals surface area contributed by atoms with Crippen LogP contribution in [0.5, 0.6) is 5.75 Å².